The third kappa shape index (κ3) is 3.10. The Morgan fingerprint density at radius 3 is 2.75 bits per heavy atom. The van der Waals surface area contributed by atoms with Gasteiger partial charge in [-0.15, -0.1) is 0 Å². The van der Waals surface area contributed by atoms with Crippen LogP contribution in [0.5, 0.6) is 0 Å². The van der Waals surface area contributed by atoms with Crippen LogP contribution >= 0.6 is 0 Å². The lowest BCUT2D eigenvalue weighted by molar-refractivity contribution is 0.270. The van der Waals surface area contributed by atoms with Crippen molar-refractivity contribution >= 4 is 0 Å². The van der Waals surface area contributed by atoms with Crippen LogP contribution in [-0.2, 0) is 6.42 Å². The van der Waals surface area contributed by atoms with Crippen LogP contribution in [0.25, 0.3) is 0 Å². The van der Waals surface area contributed by atoms with E-state index in [9.17, 15) is 0 Å². The highest BCUT2D eigenvalue weighted by Gasteiger charge is 2.18. The molecule has 0 aliphatic heterocycles. The van der Waals surface area contributed by atoms with Gasteiger partial charge in [-0.3, -0.25) is 0 Å². The minimum atomic E-state index is 0.968. The highest BCUT2D eigenvalue weighted by molar-refractivity contribution is 5.25. The fraction of sp³-hybridized carbons (Fsp3) is 0.625. The lowest BCUT2D eigenvalue weighted by Gasteiger charge is -2.26. The molecule has 0 bridgehead atoms. The van der Waals surface area contributed by atoms with E-state index in [1.165, 1.54) is 44.1 Å². The molecular formula is C16H24. The first-order chi connectivity index (χ1) is 7.75. The van der Waals surface area contributed by atoms with Crippen molar-refractivity contribution in [3.8, 4) is 0 Å². The van der Waals surface area contributed by atoms with E-state index in [1.807, 2.05) is 0 Å². The highest BCUT2D eigenvalue weighted by atomic mass is 14.2. The molecule has 2 unspecified atom stereocenters. The van der Waals surface area contributed by atoms with E-state index in [0.717, 1.165) is 11.8 Å². The summed E-state index contributed by atoms with van der Waals surface area (Å²) >= 11 is 0. The number of benzene rings is 1. The molecule has 0 nitrogen and oxygen atoms in total. The molecule has 0 heteroatoms. The molecule has 88 valence electrons. The maximum absolute atomic E-state index is 2.42. The summed E-state index contributed by atoms with van der Waals surface area (Å²) < 4.78 is 0. The zero-order valence-electron chi connectivity index (χ0n) is 10.7. The Morgan fingerprint density at radius 2 is 2.00 bits per heavy atom. The van der Waals surface area contributed by atoms with Gasteiger partial charge in [0.1, 0.15) is 0 Å². The van der Waals surface area contributed by atoms with Crippen molar-refractivity contribution in [2.24, 2.45) is 11.8 Å². The molecule has 2 atom stereocenters. The molecule has 1 aromatic rings. The zero-order chi connectivity index (χ0) is 11.4. The molecule has 1 aliphatic rings. The summed E-state index contributed by atoms with van der Waals surface area (Å²) in [6.45, 7) is 4.65. The summed E-state index contributed by atoms with van der Waals surface area (Å²) in [5.74, 6) is 1.96. The average Bonchev–Trinajstić information content (AvgIpc) is 2.28. The van der Waals surface area contributed by atoms with Gasteiger partial charge in [0.25, 0.3) is 0 Å². The van der Waals surface area contributed by atoms with Gasteiger partial charge in [-0.05, 0) is 49.1 Å². The van der Waals surface area contributed by atoms with E-state index in [0.29, 0.717) is 0 Å². The predicted octanol–water partition coefficient (Wildman–Crippen LogP) is 4.75. The SMILES string of the molecule is Cc1ccccc1CCC1CCCC(C)C1. The van der Waals surface area contributed by atoms with Gasteiger partial charge in [-0.25, -0.2) is 0 Å². The topological polar surface area (TPSA) is 0 Å². The maximum atomic E-state index is 2.42. The molecule has 0 saturated heterocycles. The molecule has 16 heavy (non-hydrogen) atoms. The van der Waals surface area contributed by atoms with E-state index in [-0.39, 0.29) is 0 Å². The molecule has 0 heterocycles. The second kappa shape index (κ2) is 5.52. The minimum absolute atomic E-state index is 0.968. The second-order valence-corrected chi connectivity index (χ2v) is 5.60. The fourth-order valence-electron chi connectivity index (χ4n) is 3.07. The normalized spacial score (nSPS) is 25.6. The summed E-state index contributed by atoms with van der Waals surface area (Å²) in [6.07, 6.45) is 8.53. The number of rotatable bonds is 3. The first-order valence-corrected chi connectivity index (χ1v) is 6.80. The molecule has 1 fully saturated rings. The Hall–Kier alpha value is -0.780. The lowest BCUT2D eigenvalue weighted by atomic mass is 9.79. The van der Waals surface area contributed by atoms with Crippen LogP contribution in [0.2, 0.25) is 0 Å². The third-order valence-electron chi connectivity index (χ3n) is 4.13. The smallest absolute Gasteiger partial charge is 0.0274 e. The summed E-state index contributed by atoms with van der Waals surface area (Å²) in [7, 11) is 0. The van der Waals surface area contributed by atoms with Crippen LogP contribution in [0.1, 0.15) is 50.2 Å². The lowest BCUT2D eigenvalue weighted by Crippen LogP contribution is -2.14. The monoisotopic (exact) mass is 216 g/mol. The molecule has 0 radical (unpaired) electrons. The summed E-state index contributed by atoms with van der Waals surface area (Å²) in [5.41, 5.74) is 3.02. The Labute approximate surface area is 100 Å². The van der Waals surface area contributed by atoms with E-state index >= 15 is 0 Å². The molecule has 1 aliphatic carbocycles. The molecule has 1 aromatic carbocycles. The Balaban J connectivity index is 1.85. The van der Waals surface area contributed by atoms with Gasteiger partial charge in [0, 0.05) is 0 Å². The second-order valence-electron chi connectivity index (χ2n) is 5.60. The first-order valence-electron chi connectivity index (χ1n) is 6.80. The van der Waals surface area contributed by atoms with Crippen molar-refractivity contribution in [2.45, 2.75) is 52.4 Å². The standard InChI is InChI=1S/C16H24/c1-13-6-5-8-15(12-13)10-11-16-9-4-3-7-14(16)2/h3-4,7,9,13,15H,5-6,8,10-12H2,1-2H3. The van der Waals surface area contributed by atoms with Crippen LogP contribution in [0, 0.1) is 18.8 Å². The van der Waals surface area contributed by atoms with Crippen molar-refractivity contribution in [3.63, 3.8) is 0 Å². The molecule has 0 aromatic heterocycles. The van der Waals surface area contributed by atoms with Crippen LogP contribution in [0.3, 0.4) is 0 Å². The van der Waals surface area contributed by atoms with E-state index in [4.69, 9.17) is 0 Å². The van der Waals surface area contributed by atoms with Gasteiger partial charge < -0.3 is 0 Å². The first kappa shape index (κ1) is 11.7. The third-order valence-corrected chi connectivity index (χ3v) is 4.13. The van der Waals surface area contributed by atoms with E-state index in [2.05, 4.69) is 38.1 Å². The van der Waals surface area contributed by atoms with Gasteiger partial charge in [0.15, 0.2) is 0 Å². The molecular weight excluding hydrogens is 192 g/mol. The van der Waals surface area contributed by atoms with Crippen LogP contribution < -0.4 is 0 Å². The fourth-order valence-corrected chi connectivity index (χ4v) is 3.07. The molecule has 0 N–H and O–H groups in total. The van der Waals surface area contributed by atoms with Crippen molar-refractivity contribution < 1.29 is 0 Å². The minimum Gasteiger partial charge on any atom is -0.0625 e. The number of aryl methyl sites for hydroxylation is 2. The van der Waals surface area contributed by atoms with E-state index in [1.54, 1.807) is 5.56 Å². The van der Waals surface area contributed by atoms with Crippen molar-refractivity contribution in [1.29, 1.82) is 0 Å². The molecule has 0 amide bonds. The average molecular weight is 216 g/mol. The Kier molecular flexibility index (Phi) is 4.04. The molecule has 0 spiro atoms. The van der Waals surface area contributed by atoms with Gasteiger partial charge in [-0.2, -0.15) is 0 Å². The van der Waals surface area contributed by atoms with Crippen molar-refractivity contribution in [2.75, 3.05) is 0 Å². The van der Waals surface area contributed by atoms with Crippen LogP contribution in [-0.4, -0.2) is 0 Å². The molecule has 2 rings (SSSR count). The summed E-state index contributed by atoms with van der Waals surface area (Å²) in [6, 6.07) is 8.84. The summed E-state index contributed by atoms with van der Waals surface area (Å²) in [4.78, 5) is 0. The number of hydrogen-bond acceptors (Lipinski definition) is 0. The zero-order valence-corrected chi connectivity index (χ0v) is 10.7. The van der Waals surface area contributed by atoms with Gasteiger partial charge in [-0.1, -0.05) is 50.5 Å². The Morgan fingerprint density at radius 1 is 1.19 bits per heavy atom. The van der Waals surface area contributed by atoms with Crippen molar-refractivity contribution in [1.82, 2.24) is 0 Å². The van der Waals surface area contributed by atoms with Crippen molar-refractivity contribution in [3.05, 3.63) is 35.4 Å². The highest BCUT2D eigenvalue weighted by Crippen LogP contribution is 2.31. The molecule has 1 saturated carbocycles. The number of hydrogen-bond donors (Lipinski definition) is 0. The van der Waals surface area contributed by atoms with E-state index < -0.39 is 0 Å². The quantitative estimate of drug-likeness (QED) is 0.683. The maximum Gasteiger partial charge on any atom is -0.0274 e. The summed E-state index contributed by atoms with van der Waals surface area (Å²) in [5, 5.41) is 0. The largest absolute Gasteiger partial charge is 0.0625 e. The predicted molar refractivity (Wildman–Crippen MR) is 70.6 cm³/mol. The van der Waals surface area contributed by atoms with Crippen LogP contribution in [0.4, 0.5) is 0 Å². The Bertz CT molecular complexity index is 327. The van der Waals surface area contributed by atoms with Gasteiger partial charge in [0.05, 0.1) is 0 Å². The van der Waals surface area contributed by atoms with Crippen LogP contribution in [0.15, 0.2) is 24.3 Å². The van der Waals surface area contributed by atoms with Gasteiger partial charge in [0.2, 0.25) is 0 Å². The van der Waals surface area contributed by atoms with Gasteiger partial charge >= 0.3 is 0 Å².